The number of nitrogens with zero attached hydrogens (tertiary/aromatic N) is 1. The first-order chi connectivity index (χ1) is 12.0. The second-order valence-corrected chi connectivity index (χ2v) is 7.19. The predicted molar refractivity (Wildman–Crippen MR) is 97.1 cm³/mol. The van der Waals surface area contributed by atoms with Gasteiger partial charge in [-0.05, 0) is 48.9 Å². The zero-order valence-corrected chi connectivity index (χ0v) is 14.8. The van der Waals surface area contributed by atoms with E-state index < -0.39 is 12.0 Å². The summed E-state index contributed by atoms with van der Waals surface area (Å²) in [6.07, 6.45) is 2.91. The lowest BCUT2D eigenvalue weighted by molar-refractivity contribution is -0.140. The van der Waals surface area contributed by atoms with E-state index in [0.29, 0.717) is 25.1 Å². The van der Waals surface area contributed by atoms with Crippen LogP contribution in [0.4, 0.5) is 5.69 Å². The highest BCUT2D eigenvalue weighted by Gasteiger charge is 2.31. The second-order valence-electron chi connectivity index (χ2n) is 6.11. The molecule has 1 aliphatic heterocycles. The van der Waals surface area contributed by atoms with Crippen LogP contribution in [0, 0.1) is 0 Å². The highest BCUT2D eigenvalue weighted by atomic mass is 32.1. The maximum atomic E-state index is 12.7. The number of piperidine rings is 1. The summed E-state index contributed by atoms with van der Waals surface area (Å²) in [7, 11) is 0. The van der Waals surface area contributed by atoms with Crippen molar-refractivity contribution in [1.29, 1.82) is 0 Å². The number of anilines is 1. The number of fused-ring (bicyclic) bond motifs is 1. The smallest absolute Gasteiger partial charge is 0.345 e. The van der Waals surface area contributed by atoms with Gasteiger partial charge in [-0.25, -0.2) is 4.79 Å². The SMILES string of the molecule is CCC(=O)N1CCCCC1C(=O)Nc1ccc2sc(C(=O)O)cc2c1. The number of carbonyl (C=O) groups excluding carboxylic acids is 2. The van der Waals surface area contributed by atoms with Gasteiger partial charge in [-0.15, -0.1) is 11.3 Å². The molecule has 2 N–H and O–H groups in total. The van der Waals surface area contributed by atoms with Crippen LogP contribution in [0.25, 0.3) is 10.1 Å². The monoisotopic (exact) mass is 360 g/mol. The fourth-order valence-corrected chi connectivity index (χ4v) is 4.04. The van der Waals surface area contributed by atoms with Crippen LogP contribution in [0.2, 0.25) is 0 Å². The molecule has 25 heavy (non-hydrogen) atoms. The van der Waals surface area contributed by atoms with Gasteiger partial charge >= 0.3 is 5.97 Å². The lowest BCUT2D eigenvalue weighted by atomic mass is 10.0. The van der Waals surface area contributed by atoms with Gasteiger partial charge in [-0.1, -0.05) is 6.92 Å². The van der Waals surface area contributed by atoms with Crippen molar-refractivity contribution in [1.82, 2.24) is 4.90 Å². The Labute approximate surface area is 149 Å². The topological polar surface area (TPSA) is 86.7 Å². The molecule has 1 unspecified atom stereocenters. The first-order valence-electron chi connectivity index (χ1n) is 8.37. The van der Waals surface area contributed by atoms with Gasteiger partial charge in [0.25, 0.3) is 0 Å². The highest BCUT2D eigenvalue weighted by molar-refractivity contribution is 7.20. The van der Waals surface area contributed by atoms with Crippen LogP contribution >= 0.6 is 11.3 Å². The van der Waals surface area contributed by atoms with Crippen molar-refractivity contribution in [2.45, 2.75) is 38.6 Å². The number of aromatic carboxylic acids is 1. The van der Waals surface area contributed by atoms with Crippen LogP contribution in [0.5, 0.6) is 0 Å². The van der Waals surface area contributed by atoms with Crippen molar-refractivity contribution in [2.75, 3.05) is 11.9 Å². The first kappa shape index (κ1) is 17.4. The van der Waals surface area contributed by atoms with Crippen LogP contribution in [-0.4, -0.2) is 40.4 Å². The van der Waals surface area contributed by atoms with Crippen LogP contribution in [0.3, 0.4) is 0 Å². The van der Waals surface area contributed by atoms with Crippen molar-refractivity contribution in [2.24, 2.45) is 0 Å². The molecule has 3 rings (SSSR count). The van der Waals surface area contributed by atoms with Crippen LogP contribution in [-0.2, 0) is 9.59 Å². The van der Waals surface area contributed by atoms with Gasteiger partial charge < -0.3 is 15.3 Å². The summed E-state index contributed by atoms with van der Waals surface area (Å²) in [5, 5.41) is 12.7. The highest BCUT2D eigenvalue weighted by Crippen LogP contribution is 2.28. The molecule has 1 saturated heterocycles. The average Bonchev–Trinajstić information content (AvgIpc) is 3.04. The average molecular weight is 360 g/mol. The molecule has 2 amide bonds. The molecule has 2 aromatic rings. The number of hydrogen-bond donors (Lipinski definition) is 2. The molecule has 1 aliphatic rings. The zero-order valence-electron chi connectivity index (χ0n) is 13.9. The fraction of sp³-hybridized carbons (Fsp3) is 0.389. The van der Waals surface area contributed by atoms with Gasteiger partial charge in [0.2, 0.25) is 11.8 Å². The molecule has 1 fully saturated rings. The number of carboxylic acid groups (broad SMARTS) is 1. The Morgan fingerprint density at radius 3 is 2.80 bits per heavy atom. The standard InChI is InChI=1S/C18H20N2O4S/c1-2-16(21)20-8-4-3-5-13(20)17(22)19-12-6-7-14-11(9-12)10-15(25-14)18(23)24/h6-7,9-10,13H,2-5,8H2,1H3,(H,19,22)(H,23,24). The minimum absolute atomic E-state index is 0.000707. The summed E-state index contributed by atoms with van der Waals surface area (Å²) in [6, 6.07) is 6.50. The Morgan fingerprint density at radius 1 is 1.28 bits per heavy atom. The zero-order chi connectivity index (χ0) is 18.0. The molecular formula is C18H20N2O4S. The molecule has 0 radical (unpaired) electrons. The number of thiophene rings is 1. The summed E-state index contributed by atoms with van der Waals surface area (Å²) in [5.41, 5.74) is 0.613. The van der Waals surface area contributed by atoms with Gasteiger partial charge in [-0.2, -0.15) is 0 Å². The van der Waals surface area contributed by atoms with E-state index in [-0.39, 0.29) is 16.7 Å². The minimum atomic E-state index is -0.956. The van der Waals surface area contributed by atoms with Crippen molar-refractivity contribution < 1.29 is 19.5 Å². The molecule has 0 spiro atoms. The molecule has 0 bridgehead atoms. The largest absolute Gasteiger partial charge is 0.477 e. The normalized spacial score (nSPS) is 17.5. The van der Waals surface area contributed by atoms with E-state index in [1.165, 1.54) is 11.3 Å². The van der Waals surface area contributed by atoms with Gasteiger partial charge in [-0.3, -0.25) is 9.59 Å². The van der Waals surface area contributed by atoms with E-state index in [1.807, 2.05) is 0 Å². The van der Waals surface area contributed by atoms with Crippen molar-refractivity contribution in [3.05, 3.63) is 29.1 Å². The van der Waals surface area contributed by atoms with E-state index in [2.05, 4.69) is 5.32 Å². The van der Waals surface area contributed by atoms with Gasteiger partial charge in [0, 0.05) is 23.4 Å². The van der Waals surface area contributed by atoms with E-state index in [0.717, 1.165) is 22.9 Å². The second kappa shape index (κ2) is 7.23. The molecule has 132 valence electrons. The Balaban J connectivity index is 1.78. The van der Waals surface area contributed by atoms with Crippen LogP contribution in [0.1, 0.15) is 42.3 Å². The molecule has 1 aromatic heterocycles. The molecule has 2 heterocycles. The van der Waals surface area contributed by atoms with Crippen molar-refractivity contribution in [3.8, 4) is 0 Å². The summed E-state index contributed by atoms with van der Waals surface area (Å²) >= 11 is 1.20. The third-order valence-electron chi connectivity index (χ3n) is 4.42. The molecular weight excluding hydrogens is 340 g/mol. The lowest BCUT2D eigenvalue weighted by Gasteiger charge is -2.34. The van der Waals surface area contributed by atoms with Crippen molar-refractivity contribution >= 4 is 44.9 Å². The number of carbonyl (C=O) groups is 3. The Kier molecular flexibility index (Phi) is 5.03. The maximum Gasteiger partial charge on any atom is 0.345 e. The first-order valence-corrected chi connectivity index (χ1v) is 9.18. The number of amides is 2. The van der Waals surface area contributed by atoms with Gasteiger partial charge in [0.05, 0.1) is 0 Å². The number of likely N-dealkylation sites (tertiary alicyclic amines) is 1. The summed E-state index contributed by atoms with van der Waals surface area (Å²) in [4.78, 5) is 37.7. The number of carboxylic acids is 1. The summed E-state index contributed by atoms with van der Waals surface area (Å²) in [5.74, 6) is -1.14. The fourth-order valence-electron chi connectivity index (χ4n) is 3.16. The van der Waals surface area contributed by atoms with Crippen molar-refractivity contribution in [3.63, 3.8) is 0 Å². The minimum Gasteiger partial charge on any atom is -0.477 e. The molecule has 0 saturated carbocycles. The van der Waals surface area contributed by atoms with E-state index in [4.69, 9.17) is 5.11 Å². The Morgan fingerprint density at radius 2 is 2.08 bits per heavy atom. The third-order valence-corrected chi connectivity index (χ3v) is 5.53. The number of nitrogens with one attached hydrogen (secondary N) is 1. The molecule has 1 atom stereocenters. The van der Waals surface area contributed by atoms with Gasteiger partial charge in [0.15, 0.2) is 0 Å². The number of benzene rings is 1. The van der Waals surface area contributed by atoms with Gasteiger partial charge in [0.1, 0.15) is 10.9 Å². The molecule has 7 heteroatoms. The quantitative estimate of drug-likeness (QED) is 0.875. The molecule has 0 aliphatic carbocycles. The number of hydrogen-bond acceptors (Lipinski definition) is 4. The van der Waals surface area contributed by atoms with E-state index >= 15 is 0 Å². The van der Waals surface area contributed by atoms with E-state index in [9.17, 15) is 14.4 Å². The van der Waals surface area contributed by atoms with Crippen LogP contribution < -0.4 is 5.32 Å². The molecule has 6 nitrogen and oxygen atoms in total. The lowest BCUT2D eigenvalue weighted by Crippen LogP contribution is -2.49. The predicted octanol–water partition coefficient (Wildman–Crippen LogP) is 3.33. The third kappa shape index (κ3) is 3.66. The summed E-state index contributed by atoms with van der Waals surface area (Å²) in [6.45, 7) is 2.42. The number of rotatable bonds is 4. The Bertz CT molecular complexity index is 830. The van der Waals surface area contributed by atoms with Crippen LogP contribution in [0.15, 0.2) is 24.3 Å². The van der Waals surface area contributed by atoms with E-state index in [1.54, 1.807) is 36.1 Å². The maximum absolute atomic E-state index is 12.7. The Hall–Kier alpha value is -2.41. The summed E-state index contributed by atoms with van der Waals surface area (Å²) < 4.78 is 0.857. The molecule has 1 aromatic carbocycles.